The molecule has 0 amide bonds. The predicted molar refractivity (Wildman–Crippen MR) is 116 cm³/mol. The van der Waals surface area contributed by atoms with Crippen LogP contribution < -0.4 is 0 Å². The summed E-state index contributed by atoms with van der Waals surface area (Å²) in [6.45, 7) is 13.2. The minimum atomic E-state index is -3.78. The maximum atomic E-state index is 13.4. The average molecular weight is 447 g/mol. The van der Waals surface area contributed by atoms with Crippen molar-refractivity contribution in [2.24, 2.45) is 0 Å². The van der Waals surface area contributed by atoms with Crippen LogP contribution in [0.1, 0.15) is 98.2 Å². The van der Waals surface area contributed by atoms with Gasteiger partial charge in [-0.3, -0.25) is 9.36 Å². The summed E-state index contributed by atoms with van der Waals surface area (Å²) < 4.78 is 35.0. The first kappa shape index (κ1) is 26.8. The van der Waals surface area contributed by atoms with Crippen molar-refractivity contribution >= 4 is 13.6 Å². The number of hydrogen-bond donors (Lipinski definition) is 0. The van der Waals surface area contributed by atoms with Gasteiger partial charge in [0.1, 0.15) is 5.60 Å². The third kappa shape index (κ3) is 8.86. The van der Waals surface area contributed by atoms with Crippen molar-refractivity contribution in [1.82, 2.24) is 10.1 Å². The molecule has 0 aliphatic heterocycles. The molecule has 1 aromatic heterocycles. The van der Waals surface area contributed by atoms with Crippen LogP contribution >= 0.6 is 7.60 Å². The first-order chi connectivity index (χ1) is 14.1. The number of carbonyl (C=O) groups excluding carboxylic acids is 1. The number of aromatic nitrogens is 2. The topological polar surface area (TPSA) is 101 Å². The van der Waals surface area contributed by atoms with Crippen LogP contribution in [0.2, 0.25) is 0 Å². The number of carbonyl (C=O) groups is 1. The maximum Gasteiger partial charge on any atom is 0.345 e. The van der Waals surface area contributed by atoms with Gasteiger partial charge in [0.2, 0.25) is 5.89 Å². The van der Waals surface area contributed by atoms with Crippen molar-refractivity contribution in [3.8, 4) is 0 Å². The van der Waals surface area contributed by atoms with Gasteiger partial charge < -0.3 is 18.3 Å². The molecule has 0 aromatic carbocycles. The quantitative estimate of drug-likeness (QED) is 0.205. The lowest BCUT2D eigenvalue weighted by Crippen LogP contribution is -2.34. The standard InChI is InChI=1S/C21H39N2O6P/c1-8-11-12-13-14-16(4)19-22-18(29-23-19)15-17(20(24)28-21(5,6)7)30(25,26-9-2)27-10-3/h16-17H,8-15H2,1-7H3/t16-,17?/m1/s1. The molecule has 0 aliphatic carbocycles. The zero-order valence-electron chi connectivity index (χ0n) is 19.6. The smallest absolute Gasteiger partial charge is 0.345 e. The van der Waals surface area contributed by atoms with E-state index in [1.165, 1.54) is 19.3 Å². The molecule has 30 heavy (non-hydrogen) atoms. The van der Waals surface area contributed by atoms with Crippen LogP contribution in [-0.4, -0.2) is 40.6 Å². The van der Waals surface area contributed by atoms with Crippen LogP contribution in [0.3, 0.4) is 0 Å². The molecule has 1 aromatic rings. The lowest BCUT2D eigenvalue weighted by molar-refractivity contribution is -0.154. The van der Waals surface area contributed by atoms with E-state index in [2.05, 4.69) is 24.0 Å². The molecule has 8 nitrogen and oxygen atoms in total. The highest BCUT2D eigenvalue weighted by Crippen LogP contribution is 2.54. The van der Waals surface area contributed by atoms with Gasteiger partial charge in [-0.25, -0.2) is 0 Å². The van der Waals surface area contributed by atoms with Crippen LogP contribution in [0.5, 0.6) is 0 Å². The second-order valence-electron chi connectivity index (χ2n) is 8.43. The summed E-state index contributed by atoms with van der Waals surface area (Å²) in [6.07, 6.45) is 5.58. The Kier molecular flexibility index (Phi) is 11.2. The van der Waals surface area contributed by atoms with E-state index in [-0.39, 0.29) is 31.4 Å². The third-order valence-electron chi connectivity index (χ3n) is 4.46. The second kappa shape index (κ2) is 12.6. The molecule has 1 unspecified atom stereocenters. The Morgan fingerprint density at radius 2 is 1.73 bits per heavy atom. The summed E-state index contributed by atoms with van der Waals surface area (Å²) in [5.41, 5.74) is -1.92. The molecule has 0 bridgehead atoms. The molecular weight excluding hydrogens is 407 g/mol. The van der Waals surface area contributed by atoms with Crippen molar-refractivity contribution in [2.75, 3.05) is 13.2 Å². The minimum absolute atomic E-state index is 0.0677. The molecule has 0 spiro atoms. The van der Waals surface area contributed by atoms with Gasteiger partial charge in [0.05, 0.1) is 19.6 Å². The molecule has 0 saturated carbocycles. The lowest BCUT2D eigenvalue weighted by Gasteiger charge is -2.27. The number of esters is 1. The molecule has 1 heterocycles. The Morgan fingerprint density at radius 3 is 2.27 bits per heavy atom. The van der Waals surface area contributed by atoms with E-state index >= 15 is 0 Å². The van der Waals surface area contributed by atoms with Gasteiger partial charge >= 0.3 is 13.6 Å². The highest BCUT2D eigenvalue weighted by Gasteiger charge is 2.44. The Balaban J connectivity index is 3.00. The molecule has 0 radical (unpaired) electrons. The zero-order valence-corrected chi connectivity index (χ0v) is 20.5. The molecule has 174 valence electrons. The summed E-state index contributed by atoms with van der Waals surface area (Å²) in [7, 11) is -3.78. The highest BCUT2D eigenvalue weighted by atomic mass is 31.2. The van der Waals surface area contributed by atoms with E-state index < -0.39 is 24.8 Å². The van der Waals surface area contributed by atoms with Crippen LogP contribution in [0.25, 0.3) is 0 Å². The Hall–Kier alpha value is -1.24. The molecule has 2 atom stereocenters. The SMILES string of the molecule is CCCCCC[C@@H](C)c1noc(CC(C(=O)OC(C)(C)C)P(=O)(OCC)OCC)n1. The second-order valence-corrected chi connectivity index (χ2v) is 10.6. The van der Waals surface area contributed by atoms with E-state index in [9.17, 15) is 9.36 Å². The van der Waals surface area contributed by atoms with Gasteiger partial charge in [0.15, 0.2) is 11.5 Å². The van der Waals surface area contributed by atoms with E-state index in [1.54, 1.807) is 34.6 Å². The maximum absolute atomic E-state index is 13.4. The fourth-order valence-corrected chi connectivity index (χ4v) is 4.84. The third-order valence-corrected chi connectivity index (χ3v) is 6.85. The van der Waals surface area contributed by atoms with Crippen LogP contribution in [0.4, 0.5) is 0 Å². The van der Waals surface area contributed by atoms with Crippen molar-refractivity contribution in [3.05, 3.63) is 11.7 Å². The van der Waals surface area contributed by atoms with E-state index in [4.69, 9.17) is 18.3 Å². The Morgan fingerprint density at radius 1 is 1.10 bits per heavy atom. The lowest BCUT2D eigenvalue weighted by atomic mass is 10.0. The summed E-state index contributed by atoms with van der Waals surface area (Å²) in [5.74, 6) is 0.290. The van der Waals surface area contributed by atoms with Crippen molar-refractivity contribution in [1.29, 1.82) is 0 Å². The van der Waals surface area contributed by atoms with E-state index in [0.29, 0.717) is 5.82 Å². The Bertz CT molecular complexity index is 675. The van der Waals surface area contributed by atoms with Crippen molar-refractivity contribution in [3.63, 3.8) is 0 Å². The number of rotatable bonds is 14. The van der Waals surface area contributed by atoms with Crippen LogP contribution in [0.15, 0.2) is 4.52 Å². The largest absolute Gasteiger partial charge is 0.459 e. The van der Waals surface area contributed by atoms with Crippen molar-refractivity contribution in [2.45, 2.75) is 104 Å². The first-order valence-electron chi connectivity index (χ1n) is 11.0. The fraction of sp³-hybridized carbons (Fsp3) is 0.857. The van der Waals surface area contributed by atoms with Gasteiger partial charge in [-0.05, 0) is 41.0 Å². The Labute approximate surface area is 181 Å². The van der Waals surface area contributed by atoms with Gasteiger partial charge in [-0.15, -0.1) is 0 Å². The average Bonchev–Trinajstić information content (AvgIpc) is 3.11. The molecule has 9 heteroatoms. The number of ether oxygens (including phenoxy) is 1. The van der Waals surface area contributed by atoms with Crippen molar-refractivity contribution < 1.29 is 27.7 Å². The fourth-order valence-electron chi connectivity index (χ4n) is 2.99. The predicted octanol–water partition coefficient (Wildman–Crippen LogP) is 5.66. The van der Waals surface area contributed by atoms with Gasteiger partial charge in [0, 0.05) is 5.92 Å². The normalized spacial score (nSPS) is 14.5. The molecule has 0 fully saturated rings. The molecule has 0 N–H and O–H groups in total. The molecule has 0 saturated heterocycles. The number of nitrogens with zero attached hydrogens (tertiary/aromatic N) is 2. The molecule has 0 aliphatic rings. The van der Waals surface area contributed by atoms with Crippen LogP contribution in [0, 0.1) is 0 Å². The van der Waals surface area contributed by atoms with E-state index in [1.807, 2.05) is 0 Å². The summed E-state index contributed by atoms with van der Waals surface area (Å²) in [5, 5.41) is 4.07. The van der Waals surface area contributed by atoms with E-state index in [0.717, 1.165) is 12.8 Å². The minimum Gasteiger partial charge on any atom is -0.459 e. The monoisotopic (exact) mass is 446 g/mol. The first-order valence-corrected chi connectivity index (χ1v) is 12.6. The van der Waals surface area contributed by atoms with Gasteiger partial charge in [-0.2, -0.15) is 4.98 Å². The number of unbranched alkanes of at least 4 members (excludes halogenated alkanes) is 3. The zero-order chi connectivity index (χ0) is 22.8. The summed E-state index contributed by atoms with van der Waals surface area (Å²) >= 11 is 0. The van der Waals surface area contributed by atoms with Gasteiger partial charge in [0.25, 0.3) is 0 Å². The molecule has 1 rings (SSSR count). The summed E-state index contributed by atoms with van der Waals surface area (Å²) in [6, 6.07) is 0. The van der Waals surface area contributed by atoms with Crippen LogP contribution in [-0.2, 0) is 29.6 Å². The summed E-state index contributed by atoms with van der Waals surface area (Å²) in [4.78, 5) is 17.3. The van der Waals surface area contributed by atoms with Gasteiger partial charge in [-0.1, -0.05) is 44.7 Å². The highest BCUT2D eigenvalue weighted by molar-refractivity contribution is 7.55. The number of hydrogen-bond acceptors (Lipinski definition) is 8. The molecular formula is C21H39N2O6P.